The van der Waals surface area contributed by atoms with Crippen LogP contribution in [0.2, 0.25) is 5.82 Å². The highest BCUT2D eigenvalue weighted by atomic mass is 16.7. The van der Waals surface area contributed by atoms with Crippen LogP contribution in [0.3, 0.4) is 0 Å². The molecule has 0 N–H and O–H groups in total. The third-order valence-electron chi connectivity index (χ3n) is 4.51. The van der Waals surface area contributed by atoms with Crippen molar-refractivity contribution in [2.45, 2.75) is 18.0 Å². The summed E-state index contributed by atoms with van der Waals surface area (Å²) >= 11 is 0. The van der Waals surface area contributed by atoms with Crippen molar-refractivity contribution in [3.63, 3.8) is 0 Å². The quantitative estimate of drug-likeness (QED) is 0.722. The first-order valence-electron chi connectivity index (χ1n) is 7.09. The second kappa shape index (κ2) is 3.84. The van der Waals surface area contributed by atoms with Crippen molar-refractivity contribution in [2.75, 3.05) is 0 Å². The molecule has 2 atom stereocenters. The third kappa shape index (κ3) is 1.32. The van der Waals surface area contributed by atoms with Crippen molar-refractivity contribution in [1.29, 1.82) is 0 Å². The fourth-order valence-corrected chi connectivity index (χ4v) is 3.62. The van der Waals surface area contributed by atoms with Crippen molar-refractivity contribution in [1.82, 2.24) is 0 Å². The molecule has 3 aliphatic rings. The van der Waals surface area contributed by atoms with E-state index in [1.54, 1.807) is 0 Å². The lowest BCUT2D eigenvalue weighted by atomic mass is 9.73. The summed E-state index contributed by atoms with van der Waals surface area (Å²) in [5, 5.41) is 2.60. The van der Waals surface area contributed by atoms with Gasteiger partial charge in [0, 0.05) is 5.82 Å². The smallest absolute Gasteiger partial charge is 0.400 e. The molecule has 96 valence electrons. The Hall–Kier alpha value is -1.84. The van der Waals surface area contributed by atoms with Gasteiger partial charge in [0.2, 0.25) is 0 Å². The summed E-state index contributed by atoms with van der Waals surface area (Å²) < 4.78 is 12.4. The molecule has 0 radical (unpaired) electrons. The monoisotopic (exact) mass is 260 g/mol. The lowest BCUT2D eigenvalue weighted by Crippen LogP contribution is -2.20. The van der Waals surface area contributed by atoms with Crippen molar-refractivity contribution >= 4 is 17.9 Å². The molecular formula is C17H13BO2. The van der Waals surface area contributed by atoms with Gasteiger partial charge in [-0.2, -0.15) is 0 Å². The van der Waals surface area contributed by atoms with E-state index in [2.05, 4.69) is 60.7 Å². The standard InChI is InChI=1S/C17H13BO2/c1-2-8-12(7-1)18-19-16-13-9-3-5-11-6-4-10-14(15(11)13)17(16)20-18/h1-10,12,16-17H/t16-,17+. The number of fused-ring (bicyclic) bond motifs is 3. The fraction of sp³-hybridized carbons (Fsp3) is 0.176. The molecule has 20 heavy (non-hydrogen) atoms. The second-order valence-corrected chi connectivity index (χ2v) is 5.62. The first kappa shape index (κ1) is 10.9. The molecule has 0 saturated carbocycles. The molecular weight excluding hydrogens is 247 g/mol. The van der Waals surface area contributed by atoms with Gasteiger partial charge in [0.25, 0.3) is 0 Å². The van der Waals surface area contributed by atoms with Crippen molar-refractivity contribution in [2.24, 2.45) is 0 Å². The molecule has 2 aliphatic carbocycles. The average Bonchev–Trinajstić information content (AvgIpc) is 3.18. The van der Waals surface area contributed by atoms with Crippen molar-refractivity contribution in [3.05, 3.63) is 71.8 Å². The average molecular weight is 260 g/mol. The van der Waals surface area contributed by atoms with Gasteiger partial charge in [-0.25, -0.2) is 0 Å². The zero-order valence-electron chi connectivity index (χ0n) is 10.9. The normalized spacial score (nSPS) is 26.9. The van der Waals surface area contributed by atoms with Crippen LogP contribution in [0.4, 0.5) is 0 Å². The van der Waals surface area contributed by atoms with Crippen LogP contribution in [0.15, 0.2) is 60.7 Å². The van der Waals surface area contributed by atoms with Gasteiger partial charge in [0.1, 0.15) is 0 Å². The zero-order chi connectivity index (χ0) is 13.1. The van der Waals surface area contributed by atoms with Gasteiger partial charge >= 0.3 is 7.12 Å². The minimum absolute atomic E-state index is 0.0449. The highest BCUT2D eigenvalue weighted by molar-refractivity contribution is 6.49. The van der Waals surface area contributed by atoms with Crippen molar-refractivity contribution in [3.8, 4) is 0 Å². The Kier molecular flexibility index (Phi) is 2.09. The first-order chi connectivity index (χ1) is 9.92. The van der Waals surface area contributed by atoms with Crippen LogP contribution in [-0.2, 0) is 9.31 Å². The number of rotatable bonds is 1. The van der Waals surface area contributed by atoms with E-state index in [4.69, 9.17) is 9.31 Å². The Bertz CT molecular complexity index is 706. The van der Waals surface area contributed by atoms with Gasteiger partial charge in [-0.1, -0.05) is 60.7 Å². The maximum Gasteiger partial charge on any atom is 0.469 e. The van der Waals surface area contributed by atoms with Crippen LogP contribution in [0.25, 0.3) is 10.8 Å². The minimum atomic E-state index is -0.163. The summed E-state index contributed by atoms with van der Waals surface area (Å²) in [6, 6.07) is 12.9. The van der Waals surface area contributed by atoms with E-state index in [9.17, 15) is 0 Å². The predicted molar refractivity (Wildman–Crippen MR) is 79.4 cm³/mol. The largest absolute Gasteiger partial charge is 0.469 e. The summed E-state index contributed by atoms with van der Waals surface area (Å²) in [5.74, 6) is 0.243. The molecule has 0 amide bonds. The molecule has 0 unspecified atom stereocenters. The molecule has 5 rings (SSSR count). The molecule has 1 heterocycles. The van der Waals surface area contributed by atoms with Gasteiger partial charge in [0.05, 0.1) is 12.2 Å². The Morgan fingerprint density at radius 3 is 2.00 bits per heavy atom. The predicted octanol–water partition coefficient (Wildman–Crippen LogP) is 3.97. The Morgan fingerprint density at radius 1 is 0.800 bits per heavy atom. The van der Waals surface area contributed by atoms with Gasteiger partial charge in [-0.15, -0.1) is 0 Å². The summed E-state index contributed by atoms with van der Waals surface area (Å²) in [7, 11) is -0.163. The summed E-state index contributed by atoms with van der Waals surface area (Å²) in [6.45, 7) is 0. The fourth-order valence-electron chi connectivity index (χ4n) is 3.62. The van der Waals surface area contributed by atoms with Gasteiger partial charge < -0.3 is 9.31 Å². The van der Waals surface area contributed by atoms with Crippen LogP contribution in [0.5, 0.6) is 0 Å². The molecule has 1 saturated heterocycles. The number of hydrogen-bond acceptors (Lipinski definition) is 2. The van der Waals surface area contributed by atoms with E-state index in [-0.39, 0.29) is 25.1 Å². The van der Waals surface area contributed by atoms with E-state index in [1.165, 1.54) is 21.9 Å². The van der Waals surface area contributed by atoms with Crippen LogP contribution in [-0.4, -0.2) is 7.12 Å². The maximum absolute atomic E-state index is 6.22. The molecule has 0 bridgehead atoms. The van der Waals surface area contributed by atoms with E-state index >= 15 is 0 Å². The van der Waals surface area contributed by atoms with Gasteiger partial charge in [0.15, 0.2) is 0 Å². The first-order valence-corrected chi connectivity index (χ1v) is 7.09. The van der Waals surface area contributed by atoms with Gasteiger partial charge in [-0.05, 0) is 21.9 Å². The van der Waals surface area contributed by atoms with Crippen LogP contribution >= 0.6 is 0 Å². The van der Waals surface area contributed by atoms with Gasteiger partial charge in [-0.3, -0.25) is 0 Å². The summed E-state index contributed by atoms with van der Waals surface area (Å²) in [6.07, 6.45) is 8.48. The molecule has 0 aromatic heterocycles. The zero-order valence-corrected chi connectivity index (χ0v) is 10.9. The van der Waals surface area contributed by atoms with Crippen LogP contribution < -0.4 is 0 Å². The third-order valence-corrected chi connectivity index (χ3v) is 4.51. The Balaban J connectivity index is 1.61. The summed E-state index contributed by atoms with van der Waals surface area (Å²) in [5.41, 5.74) is 2.55. The Morgan fingerprint density at radius 2 is 1.40 bits per heavy atom. The SMILES string of the molecule is C1=CC(B2O[C@@H]3c4cccc5cccc(c45)[C@@H]3O2)C=C1. The Labute approximate surface area is 117 Å². The molecule has 2 aromatic rings. The van der Waals surface area contributed by atoms with Crippen molar-refractivity contribution < 1.29 is 9.31 Å². The molecule has 1 fully saturated rings. The van der Waals surface area contributed by atoms with Crippen LogP contribution in [0.1, 0.15) is 23.3 Å². The van der Waals surface area contributed by atoms with E-state index in [1.807, 2.05) is 0 Å². The number of allylic oxidation sites excluding steroid dienone is 4. The number of benzene rings is 2. The minimum Gasteiger partial charge on any atom is -0.400 e. The highest BCUT2D eigenvalue weighted by Crippen LogP contribution is 2.53. The van der Waals surface area contributed by atoms with Crippen LogP contribution in [0, 0.1) is 0 Å². The van der Waals surface area contributed by atoms with E-state index < -0.39 is 0 Å². The lowest BCUT2D eigenvalue weighted by Gasteiger charge is -2.12. The lowest BCUT2D eigenvalue weighted by molar-refractivity contribution is 0.170. The second-order valence-electron chi connectivity index (χ2n) is 5.62. The molecule has 2 aromatic carbocycles. The van der Waals surface area contributed by atoms with E-state index in [0.717, 1.165) is 0 Å². The molecule has 0 spiro atoms. The molecule has 2 nitrogen and oxygen atoms in total. The number of hydrogen-bond donors (Lipinski definition) is 0. The maximum atomic E-state index is 6.22. The topological polar surface area (TPSA) is 18.5 Å². The molecule has 1 aliphatic heterocycles. The molecule has 3 heteroatoms. The summed E-state index contributed by atoms with van der Waals surface area (Å²) in [4.78, 5) is 0. The van der Waals surface area contributed by atoms with E-state index in [0.29, 0.717) is 0 Å². The highest BCUT2D eigenvalue weighted by Gasteiger charge is 2.48.